The van der Waals surface area contributed by atoms with Crippen LogP contribution in [-0.4, -0.2) is 24.9 Å². The minimum absolute atomic E-state index is 0.121. The second-order valence-electron chi connectivity index (χ2n) is 7.62. The SMILES string of the molecule is Cc1ccc2[nH]c(-n3nc(C)c(Cc4ccc(-c5ccccc5)cc4)c3O)nc2c1. The molecule has 148 valence electrons. The Morgan fingerprint density at radius 3 is 2.40 bits per heavy atom. The molecule has 0 saturated heterocycles. The summed E-state index contributed by atoms with van der Waals surface area (Å²) in [6, 6.07) is 24.8. The van der Waals surface area contributed by atoms with Crippen molar-refractivity contribution < 1.29 is 5.11 Å². The van der Waals surface area contributed by atoms with E-state index >= 15 is 0 Å². The maximum atomic E-state index is 10.9. The summed E-state index contributed by atoms with van der Waals surface area (Å²) in [4.78, 5) is 7.84. The summed E-state index contributed by atoms with van der Waals surface area (Å²) in [7, 11) is 0. The zero-order valence-electron chi connectivity index (χ0n) is 16.9. The van der Waals surface area contributed by atoms with E-state index < -0.39 is 0 Å². The quantitative estimate of drug-likeness (QED) is 0.433. The first-order valence-corrected chi connectivity index (χ1v) is 9.97. The van der Waals surface area contributed by atoms with Gasteiger partial charge in [0.1, 0.15) is 0 Å². The van der Waals surface area contributed by atoms with Gasteiger partial charge in [-0.05, 0) is 48.2 Å². The fourth-order valence-electron chi connectivity index (χ4n) is 3.75. The molecular weight excluding hydrogens is 372 g/mol. The van der Waals surface area contributed by atoms with Crippen molar-refractivity contribution in [2.45, 2.75) is 20.3 Å². The van der Waals surface area contributed by atoms with Crippen molar-refractivity contribution >= 4 is 11.0 Å². The van der Waals surface area contributed by atoms with Crippen LogP contribution in [0.2, 0.25) is 0 Å². The lowest BCUT2D eigenvalue weighted by Crippen LogP contribution is -1.98. The Morgan fingerprint density at radius 2 is 1.63 bits per heavy atom. The summed E-state index contributed by atoms with van der Waals surface area (Å²) in [5.41, 5.74) is 7.99. The van der Waals surface area contributed by atoms with Crippen molar-refractivity contribution in [2.75, 3.05) is 0 Å². The normalized spacial score (nSPS) is 11.3. The van der Waals surface area contributed by atoms with E-state index in [2.05, 4.69) is 51.5 Å². The van der Waals surface area contributed by atoms with E-state index in [0.29, 0.717) is 12.4 Å². The Bertz CT molecular complexity index is 1330. The molecule has 5 rings (SSSR count). The molecule has 0 aliphatic heterocycles. The number of aryl methyl sites for hydroxylation is 2. The molecular formula is C25H22N4O. The summed E-state index contributed by atoms with van der Waals surface area (Å²) < 4.78 is 1.48. The van der Waals surface area contributed by atoms with Crippen molar-refractivity contribution in [3.8, 4) is 23.0 Å². The number of hydrogen-bond donors (Lipinski definition) is 2. The van der Waals surface area contributed by atoms with Crippen molar-refractivity contribution in [1.82, 2.24) is 19.7 Å². The number of imidazole rings is 1. The molecule has 0 spiro atoms. The first-order chi connectivity index (χ1) is 14.6. The van der Waals surface area contributed by atoms with Gasteiger partial charge < -0.3 is 10.1 Å². The Balaban J connectivity index is 1.45. The second kappa shape index (κ2) is 7.19. The van der Waals surface area contributed by atoms with Gasteiger partial charge in [0, 0.05) is 12.0 Å². The molecule has 0 bridgehead atoms. The van der Waals surface area contributed by atoms with Crippen molar-refractivity contribution in [2.24, 2.45) is 0 Å². The minimum atomic E-state index is 0.121. The number of benzene rings is 3. The predicted molar refractivity (Wildman–Crippen MR) is 119 cm³/mol. The first-order valence-electron chi connectivity index (χ1n) is 9.97. The maximum Gasteiger partial charge on any atom is 0.232 e. The fourth-order valence-corrected chi connectivity index (χ4v) is 3.75. The van der Waals surface area contributed by atoms with Crippen molar-refractivity contribution in [3.63, 3.8) is 0 Å². The van der Waals surface area contributed by atoms with Crippen LogP contribution in [0.5, 0.6) is 5.88 Å². The highest BCUT2D eigenvalue weighted by molar-refractivity contribution is 5.77. The maximum absolute atomic E-state index is 10.9. The summed E-state index contributed by atoms with van der Waals surface area (Å²) in [5.74, 6) is 0.636. The number of nitrogens with one attached hydrogen (secondary N) is 1. The Hall–Kier alpha value is -3.86. The van der Waals surface area contributed by atoms with Crippen LogP contribution >= 0.6 is 0 Å². The zero-order valence-corrected chi connectivity index (χ0v) is 16.9. The predicted octanol–water partition coefficient (Wildman–Crippen LogP) is 5.33. The summed E-state index contributed by atoms with van der Waals surface area (Å²) in [6.45, 7) is 3.95. The van der Waals surface area contributed by atoms with Crippen molar-refractivity contribution in [1.29, 1.82) is 0 Å². The van der Waals surface area contributed by atoms with Gasteiger partial charge in [-0.1, -0.05) is 60.7 Å². The van der Waals surface area contributed by atoms with Gasteiger partial charge in [-0.3, -0.25) is 0 Å². The van der Waals surface area contributed by atoms with E-state index in [4.69, 9.17) is 0 Å². The van der Waals surface area contributed by atoms with Crippen LogP contribution in [0.25, 0.3) is 28.1 Å². The smallest absolute Gasteiger partial charge is 0.232 e. The van der Waals surface area contributed by atoms with Gasteiger partial charge in [0.25, 0.3) is 0 Å². The average Bonchev–Trinajstić information content (AvgIpc) is 3.30. The first kappa shape index (κ1) is 18.2. The van der Waals surface area contributed by atoms with E-state index in [1.165, 1.54) is 15.8 Å². The lowest BCUT2D eigenvalue weighted by molar-refractivity contribution is 0.426. The number of rotatable bonds is 4. The highest BCUT2D eigenvalue weighted by Gasteiger charge is 2.18. The molecule has 3 aromatic carbocycles. The minimum Gasteiger partial charge on any atom is -0.493 e. The standard InChI is InChI=1S/C25H22N4O/c1-16-8-13-22-23(14-16)27-25(26-22)29-24(30)21(17(2)28-29)15-18-9-11-20(12-10-18)19-6-4-3-5-7-19/h3-14,30H,15H2,1-2H3,(H,26,27). The van der Waals surface area contributed by atoms with Crippen LogP contribution in [0.15, 0.2) is 72.8 Å². The van der Waals surface area contributed by atoms with Crippen LogP contribution in [-0.2, 0) is 6.42 Å². The number of fused-ring (bicyclic) bond motifs is 1. The van der Waals surface area contributed by atoms with E-state index in [1.54, 1.807) is 0 Å². The van der Waals surface area contributed by atoms with E-state index in [0.717, 1.165) is 33.4 Å². The summed E-state index contributed by atoms with van der Waals surface area (Å²) >= 11 is 0. The largest absolute Gasteiger partial charge is 0.493 e. The molecule has 0 aliphatic carbocycles. The highest BCUT2D eigenvalue weighted by atomic mass is 16.3. The molecule has 5 aromatic rings. The summed E-state index contributed by atoms with van der Waals surface area (Å²) in [5, 5.41) is 15.4. The third kappa shape index (κ3) is 3.24. The van der Waals surface area contributed by atoms with Crippen LogP contribution in [0.4, 0.5) is 0 Å². The van der Waals surface area contributed by atoms with Crippen LogP contribution in [0.3, 0.4) is 0 Å². The Morgan fingerprint density at radius 1 is 0.900 bits per heavy atom. The number of aromatic nitrogens is 4. The number of aromatic amines is 1. The number of nitrogens with zero attached hydrogens (tertiary/aromatic N) is 3. The molecule has 0 unspecified atom stereocenters. The number of aromatic hydroxyl groups is 1. The lowest BCUT2D eigenvalue weighted by Gasteiger charge is -2.05. The molecule has 30 heavy (non-hydrogen) atoms. The van der Waals surface area contributed by atoms with Gasteiger partial charge in [0.2, 0.25) is 11.8 Å². The zero-order chi connectivity index (χ0) is 20.7. The Labute approximate surface area is 174 Å². The number of hydrogen-bond acceptors (Lipinski definition) is 3. The van der Waals surface area contributed by atoms with E-state index in [1.807, 2.05) is 50.2 Å². The topological polar surface area (TPSA) is 66.7 Å². The van der Waals surface area contributed by atoms with Gasteiger partial charge >= 0.3 is 0 Å². The monoisotopic (exact) mass is 394 g/mol. The van der Waals surface area contributed by atoms with Gasteiger partial charge in [0.15, 0.2) is 0 Å². The Kier molecular flexibility index (Phi) is 4.36. The molecule has 2 aromatic heterocycles. The second-order valence-corrected chi connectivity index (χ2v) is 7.62. The highest BCUT2D eigenvalue weighted by Crippen LogP contribution is 2.28. The average molecular weight is 394 g/mol. The fraction of sp³-hybridized carbons (Fsp3) is 0.120. The van der Waals surface area contributed by atoms with Crippen LogP contribution in [0, 0.1) is 13.8 Å². The van der Waals surface area contributed by atoms with Crippen LogP contribution < -0.4 is 0 Å². The lowest BCUT2D eigenvalue weighted by atomic mass is 10.0. The molecule has 2 N–H and O–H groups in total. The third-order valence-electron chi connectivity index (χ3n) is 5.43. The molecule has 0 atom stereocenters. The molecule has 0 saturated carbocycles. The van der Waals surface area contributed by atoms with Gasteiger partial charge in [-0.2, -0.15) is 9.78 Å². The molecule has 0 amide bonds. The molecule has 0 radical (unpaired) electrons. The van der Waals surface area contributed by atoms with E-state index in [-0.39, 0.29) is 5.88 Å². The molecule has 2 heterocycles. The molecule has 0 fully saturated rings. The molecule has 5 nitrogen and oxygen atoms in total. The third-order valence-corrected chi connectivity index (χ3v) is 5.43. The van der Waals surface area contributed by atoms with Crippen molar-refractivity contribution in [3.05, 3.63) is 95.2 Å². The molecule has 0 aliphatic rings. The van der Waals surface area contributed by atoms with Gasteiger partial charge in [-0.15, -0.1) is 0 Å². The van der Waals surface area contributed by atoms with Gasteiger partial charge in [0.05, 0.1) is 16.7 Å². The van der Waals surface area contributed by atoms with E-state index in [9.17, 15) is 5.11 Å². The number of H-pyrrole nitrogens is 1. The molecule has 5 heteroatoms. The van der Waals surface area contributed by atoms with Gasteiger partial charge in [-0.25, -0.2) is 4.98 Å². The summed E-state index contributed by atoms with van der Waals surface area (Å²) in [6.07, 6.45) is 0.603. The van der Waals surface area contributed by atoms with Crippen LogP contribution in [0.1, 0.15) is 22.4 Å².